The maximum absolute atomic E-state index is 14.0. The monoisotopic (exact) mass is 402 g/mol. The Hall–Kier alpha value is -2.69. The molecule has 2 fully saturated rings. The first-order valence-corrected chi connectivity index (χ1v) is 11.3. The van der Waals surface area contributed by atoms with Crippen molar-refractivity contribution in [1.82, 2.24) is 19.7 Å². The van der Waals surface area contributed by atoms with Crippen LogP contribution in [0.2, 0.25) is 0 Å². The van der Waals surface area contributed by atoms with E-state index in [1.165, 1.54) is 5.56 Å². The van der Waals surface area contributed by atoms with Crippen LogP contribution in [0.25, 0.3) is 11.0 Å². The Labute approximate surface area is 178 Å². The quantitative estimate of drug-likeness (QED) is 0.574. The number of hydrogen-bond acceptors (Lipinski definition) is 3. The lowest BCUT2D eigenvalue weighted by atomic mass is 9.94. The van der Waals surface area contributed by atoms with Crippen LogP contribution in [0.1, 0.15) is 91.3 Å². The number of carbonyl (C=O) groups is 1. The zero-order valence-corrected chi connectivity index (χ0v) is 18.1. The largest absolute Gasteiger partial charge is 0.332 e. The van der Waals surface area contributed by atoms with Crippen LogP contribution in [0.3, 0.4) is 0 Å². The number of benzene rings is 1. The standard InChI is InChI=1S/C25H30N4O/c1-16(2)29-24-23(17(3)27-29)20(15-21(26-24)18-12-13-18)25(30)28-14-8-7-11-22(28)19-9-5-4-6-10-19/h4-6,9-10,15-16,18,22H,7-8,11-14H2,1-3H3/t22-/m0/s1. The highest BCUT2D eigenvalue weighted by Gasteiger charge is 2.33. The van der Waals surface area contributed by atoms with E-state index in [1.54, 1.807) is 0 Å². The molecule has 1 saturated heterocycles. The van der Waals surface area contributed by atoms with Crippen LogP contribution < -0.4 is 0 Å². The zero-order valence-electron chi connectivity index (χ0n) is 18.1. The number of amides is 1. The average Bonchev–Trinajstić information content (AvgIpc) is 3.57. The zero-order chi connectivity index (χ0) is 20.8. The van der Waals surface area contributed by atoms with Gasteiger partial charge in [-0.05, 0) is 64.5 Å². The van der Waals surface area contributed by atoms with Gasteiger partial charge in [0.2, 0.25) is 0 Å². The molecule has 0 radical (unpaired) electrons. The normalized spacial score (nSPS) is 19.6. The fourth-order valence-corrected chi connectivity index (χ4v) is 4.80. The highest BCUT2D eigenvalue weighted by molar-refractivity contribution is 6.06. The number of pyridine rings is 1. The summed E-state index contributed by atoms with van der Waals surface area (Å²) in [6.07, 6.45) is 5.56. The molecule has 30 heavy (non-hydrogen) atoms. The fraction of sp³-hybridized carbons (Fsp3) is 0.480. The van der Waals surface area contributed by atoms with Gasteiger partial charge in [0, 0.05) is 24.2 Å². The molecule has 3 aromatic rings. The molecule has 1 aliphatic carbocycles. The number of fused-ring (bicyclic) bond motifs is 1. The van der Waals surface area contributed by atoms with Crippen molar-refractivity contribution < 1.29 is 4.79 Å². The maximum atomic E-state index is 14.0. The number of likely N-dealkylation sites (tertiary alicyclic amines) is 1. The molecule has 1 aliphatic heterocycles. The molecule has 1 atom stereocenters. The molecule has 5 heteroatoms. The van der Waals surface area contributed by atoms with Crippen LogP contribution in [-0.4, -0.2) is 32.1 Å². The summed E-state index contributed by atoms with van der Waals surface area (Å²) in [5.41, 5.74) is 4.83. The van der Waals surface area contributed by atoms with Gasteiger partial charge in [-0.3, -0.25) is 4.79 Å². The molecule has 3 heterocycles. The van der Waals surface area contributed by atoms with Gasteiger partial charge in [0.05, 0.1) is 22.7 Å². The summed E-state index contributed by atoms with van der Waals surface area (Å²) in [5, 5.41) is 5.69. The summed E-state index contributed by atoms with van der Waals surface area (Å²) in [4.78, 5) is 21.1. The van der Waals surface area contributed by atoms with Gasteiger partial charge in [0.25, 0.3) is 5.91 Å². The van der Waals surface area contributed by atoms with Gasteiger partial charge in [0.15, 0.2) is 5.65 Å². The Morgan fingerprint density at radius 3 is 2.57 bits per heavy atom. The lowest BCUT2D eigenvalue weighted by molar-refractivity contribution is 0.0613. The van der Waals surface area contributed by atoms with Gasteiger partial charge in [0.1, 0.15) is 0 Å². The summed E-state index contributed by atoms with van der Waals surface area (Å²) in [5.74, 6) is 0.618. The highest BCUT2D eigenvalue weighted by Crippen LogP contribution is 2.41. The van der Waals surface area contributed by atoms with E-state index in [1.807, 2.05) is 17.7 Å². The fourth-order valence-electron chi connectivity index (χ4n) is 4.80. The first-order valence-electron chi connectivity index (χ1n) is 11.3. The molecule has 0 unspecified atom stereocenters. The van der Waals surface area contributed by atoms with Crippen LogP contribution in [0.5, 0.6) is 0 Å². The molecule has 1 saturated carbocycles. The predicted octanol–water partition coefficient (Wildman–Crippen LogP) is 5.57. The summed E-state index contributed by atoms with van der Waals surface area (Å²) in [6, 6.07) is 12.9. The number of hydrogen-bond donors (Lipinski definition) is 0. The van der Waals surface area contributed by atoms with Crippen molar-refractivity contribution in [2.24, 2.45) is 0 Å². The smallest absolute Gasteiger partial charge is 0.255 e. The molecule has 2 aromatic heterocycles. The second-order valence-corrected chi connectivity index (χ2v) is 9.11. The van der Waals surface area contributed by atoms with Crippen molar-refractivity contribution in [2.75, 3.05) is 6.54 Å². The lowest BCUT2D eigenvalue weighted by Gasteiger charge is -2.36. The van der Waals surface area contributed by atoms with Crippen molar-refractivity contribution in [3.63, 3.8) is 0 Å². The van der Waals surface area contributed by atoms with Crippen LogP contribution in [0.15, 0.2) is 36.4 Å². The van der Waals surface area contributed by atoms with Crippen LogP contribution >= 0.6 is 0 Å². The number of aryl methyl sites for hydroxylation is 1. The Kier molecular flexibility index (Phi) is 4.84. The predicted molar refractivity (Wildman–Crippen MR) is 119 cm³/mol. The number of nitrogens with zero attached hydrogens (tertiary/aromatic N) is 4. The summed E-state index contributed by atoms with van der Waals surface area (Å²) in [6.45, 7) is 7.05. The topological polar surface area (TPSA) is 51.0 Å². The van der Waals surface area contributed by atoms with Crippen molar-refractivity contribution in [3.8, 4) is 0 Å². The second kappa shape index (κ2) is 7.53. The molecule has 0 N–H and O–H groups in total. The third kappa shape index (κ3) is 3.30. The van der Waals surface area contributed by atoms with Crippen molar-refractivity contribution >= 4 is 16.9 Å². The van der Waals surface area contributed by atoms with E-state index >= 15 is 0 Å². The van der Waals surface area contributed by atoms with Gasteiger partial charge in [-0.15, -0.1) is 0 Å². The summed E-state index contributed by atoms with van der Waals surface area (Å²) < 4.78 is 1.98. The third-order valence-corrected chi connectivity index (χ3v) is 6.52. The van der Waals surface area contributed by atoms with Gasteiger partial charge < -0.3 is 4.90 Å². The molecule has 5 rings (SSSR count). The van der Waals surface area contributed by atoms with Crippen molar-refractivity contribution in [1.29, 1.82) is 0 Å². The maximum Gasteiger partial charge on any atom is 0.255 e. The number of rotatable bonds is 4. The Morgan fingerprint density at radius 1 is 1.10 bits per heavy atom. The Balaban J connectivity index is 1.63. The molecule has 0 bridgehead atoms. The van der Waals surface area contributed by atoms with E-state index in [0.717, 1.165) is 66.6 Å². The van der Waals surface area contributed by atoms with Gasteiger partial charge >= 0.3 is 0 Å². The Bertz CT molecular complexity index is 1080. The van der Waals surface area contributed by atoms with Gasteiger partial charge in [-0.1, -0.05) is 30.3 Å². The van der Waals surface area contributed by atoms with E-state index < -0.39 is 0 Å². The van der Waals surface area contributed by atoms with E-state index in [9.17, 15) is 4.79 Å². The summed E-state index contributed by atoms with van der Waals surface area (Å²) in [7, 11) is 0. The van der Waals surface area contributed by atoms with Gasteiger partial charge in [-0.25, -0.2) is 9.67 Å². The SMILES string of the molecule is Cc1nn(C(C)C)c2nc(C3CC3)cc(C(=O)N3CCCC[C@H]3c3ccccc3)c12. The molecule has 0 spiro atoms. The number of carbonyl (C=O) groups excluding carboxylic acids is 1. The molecule has 1 amide bonds. The molecule has 5 nitrogen and oxygen atoms in total. The average molecular weight is 403 g/mol. The molecule has 1 aromatic carbocycles. The van der Waals surface area contributed by atoms with Crippen LogP contribution in [-0.2, 0) is 0 Å². The second-order valence-electron chi connectivity index (χ2n) is 9.11. The number of aromatic nitrogens is 3. The molecule has 2 aliphatic rings. The first kappa shape index (κ1) is 19.3. The summed E-state index contributed by atoms with van der Waals surface area (Å²) >= 11 is 0. The molecule has 156 valence electrons. The Morgan fingerprint density at radius 2 is 1.87 bits per heavy atom. The highest BCUT2D eigenvalue weighted by atomic mass is 16.2. The molecular formula is C25H30N4O. The minimum absolute atomic E-state index is 0.129. The van der Waals surface area contributed by atoms with Crippen LogP contribution in [0, 0.1) is 6.92 Å². The van der Waals surface area contributed by atoms with Crippen LogP contribution in [0.4, 0.5) is 0 Å². The third-order valence-electron chi connectivity index (χ3n) is 6.52. The number of piperidine rings is 1. The van der Waals surface area contributed by atoms with Gasteiger partial charge in [-0.2, -0.15) is 5.10 Å². The molecular weight excluding hydrogens is 372 g/mol. The van der Waals surface area contributed by atoms with Crippen molar-refractivity contribution in [2.45, 2.75) is 70.9 Å². The first-order chi connectivity index (χ1) is 14.5. The van der Waals surface area contributed by atoms with E-state index in [2.05, 4.69) is 49.1 Å². The minimum atomic E-state index is 0.129. The van der Waals surface area contributed by atoms with E-state index in [0.29, 0.717) is 5.92 Å². The van der Waals surface area contributed by atoms with E-state index in [-0.39, 0.29) is 18.0 Å². The minimum Gasteiger partial charge on any atom is -0.332 e. The van der Waals surface area contributed by atoms with Crippen molar-refractivity contribution in [3.05, 3.63) is 58.9 Å². The van der Waals surface area contributed by atoms with E-state index in [4.69, 9.17) is 10.1 Å². The lowest BCUT2D eigenvalue weighted by Crippen LogP contribution is -2.38.